The first kappa shape index (κ1) is 13.6. The highest BCUT2D eigenvalue weighted by atomic mass is 19.4. The average molecular weight is 273 g/mol. The molecule has 0 aliphatic carbocycles. The van der Waals surface area contributed by atoms with Gasteiger partial charge in [-0.2, -0.15) is 18.3 Å². The van der Waals surface area contributed by atoms with Gasteiger partial charge in [-0.3, -0.25) is 0 Å². The number of nitrogens with one attached hydrogen (secondary N) is 1. The molecule has 0 bridgehead atoms. The van der Waals surface area contributed by atoms with Gasteiger partial charge in [0.2, 0.25) is 0 Å². The number of hydrogen-bond acceptors (Lipinski definition) is 4. The Bertz CT molecular complexity index is 561. The van der Waals surface area contributed by atoms with Crippen LogP contribution in [0, 0.1) is 0 Å². The Hall–Kier alpha value is -1.83. The first-order valence-corrected chi connectivity index (χ1v) is 5.79. The van der Waals surface area contributed by atoms with Gasteiger partial charge in [-0.15, -0.1) is 0 Å². The number of halogens is 3. The summed E-state index contributed by atoms with van der Waals surface area (Å²) in [6.45, 7) is 2.40. The molecular formula is C11H14F3N5. The highest BCUT2D eigenvalue weighted by molar-refractivity contribution is 5.67. The van der Waals surface area contributed by atoms with E-state index in [1.165, 1.54) is 12.4 Å². The van der Waals surface area contributed by atoms with Gasteiger partial charge in [-0.1, -0.05) is 0 Å². The Kier molecular flexibility index (Phi) is 3.61. The van der Waals surface area contributed by atoms with Gasteiger partial charge in [0, 0.05) is 31.0 Å². The second kappa shape index (κ2) is 5.04. The van der Waals surface area contributed by atoms with Crippen LogP contribution < -0.4 is 11.1 Å². The smallest absolute Gasteiger partial charge is 0.368 e. The first-order chi connectivity index (χ1) is 8.88. The fourth-order valence-electron chi connectivity index (χ4n) is 1.62. The van der Waals surface area contributed by atoms with Gasteiger partial charge in [0.1, 0.15) is 5.52 Å². The average Bonchev–Trinajstić information content (AvgIpc) is 2.72. The largest absolute Gasteiger partial charge is 0.435 e. The number of aromatic nitrogens is 3. The van der Waals surface area contributed by atoms with Gasteiger partial charge in [-0.25, -0.2) is 9.50 Å². The zero-order chi connectivity index (χ0) is 14.0. The maximum atomic E-state index is 12.6. The number of hydrogen-bond donors (Lipinski definition) is 2. The number of rotatable bonds is 4. The van der Waals surface area contributed by atoms with Gasteiger partial charge in [0.15, 0.2) is 11.5 Å². The number of nitrogens with two attached hydrogens (primary N) is 1. The van der Waals surface area contributed by atoms with Crippen LogP contribution in [-0.2, 0) is 6.18 Å². The minimum Gasteiger partial charge on any atom is -0.368 e. The van der Waals surface area contributed by atoms with Crippen molar-refractivity contribution in [2.24, 2.45) is 5.73 Å². The molecule has 1 unspecified atom stereocenters. The summed E-state index contributed by atoms with van der Waals surface area (Å²) in [6.07, 6.45) is -0.992. The number of nitrogens with zero attached hydrogens (tertiary/aromatic N) is 3. The summed E-state index contributed by atoms with van der Waals surface area (Å²) < 4.78 is 38.9. The quantitative estimate of drug-likeness (QED) is 0.892. The van der Waals surface area contributed by atoms with E-state index in [0.29, 0.717) is 24.3 Å². The fraction of sp³-hybridized carbons (Fsp3) is 0.455. The molecule has 5 nitrogen and oxygen atoms in total. The van der Waals surface area contributed by atoms with Crippen LogP contribution in [-0.4, -0.2) is 27.2 Å². The van der Waals surface area contributed by atoms with E-state index in [1.807, 2.05) is 6.92 Å². The molecule has 0 saturated carbocycles. The van der Waals surface area contributed by atoms with Crippen molar-refractivity contribution in [2.75, 3.05) is 11.9 Å². The Morgan fingerprint density at radius 3 is 2.84 bits per heavy atom. The highest BCUT2D eigenvalue weighted by Crippen LogP contribution is 2.29. The molecule has 0 saturated heterocycles. The Morgan fingerprint density at radius 1 is 1.47 bits per heavy atom. The molecule has 19 heavy (non-hydrogen) atoms. The van der Waals surface area contributed by atoms with E-state index in [1.54, 1.807) is 0 Å². The van der Waals surface area contributed by atoms with Gasteiger partial charge in [0.05, 0.1) is 0 Å². The van der Waals surface area contributed by atoms with E-state index < -0.39 is 11.9 Å². The molecule has 2 heterocycles. The SMILES string of the molecule is CC(N)CCNc1nccn2nc(C(F)(F)F)cc12. The lowest BCUT2D eigenvalue weighted by molar-refractivity contribution is -0.141. The van der Waals surface area contributed by atoms with Gasteiger partial charge in [-0.05, 0) is 13.3 Å². The summed E-state index contributed by atoms with van der Waals surface area (Å²) in [4.78, 5) is 4.02. The highest BCUT2D eigenvalue weighted by Gasteiger charge is 2.34. The molecule has 0 aliphatic rings. The van der Waals surface area contributed by atoms with Crippen LogP contribution in [0.15, 0.2) is 18.5 Å². The van der Waals surface area contributed by atoms with Crippen LogP contribution >= 0.6 is 0 Å². The number of alkyl halides is 3. The molecule has 1 atom stereocenters. The monoisotopic (exact) mass is 273 g/mol. The molecule has 3 N–H and O–H groups in total. The predicted octanol–water partition coefficient (Wildman–Crippen LogP) is 1.90. The molecule has 2 aromatic rings. The van der Waals surface area contributed by atoms with Crippen LogP contribution in [0.4, 0.5) is 19.0 Å². The van der Waals surface area contributed by atoms with E-state index in [-0.39, 0.29) is 6.04 Å². The van der Waals surface area contributed by atoms with Crippen molar-refractivity contribution >= 4 is 11.3 Å². The maximum absolute atomic E-state index is 12.6. The van der Waals surface area contributed by atoms with Crippen LogP contribution in [0.2, 0.25) is 0 Å². The molecular weight excluding hydrogens is 259 g/mol. The zero-order valence-corrected chi connectivity index (χ0v) is 10.3. The topological polar surface area (TPSA) is 68.2 Å². The van der Waals surface area contributed by atoms with E-state index in [2.05, 4.69) is 15.4 Å². The minimum absolute atomic E-state index is 0.0166. The van der Waals surface area contributed by atoms with Crippen LogP contribution in [0.25, 0.3) is 5.52 Å². The van der Waals surface area contributed by atoms with Crippen LogP contribution in [0.1, 0.15) is 19.0 Å². The zero-order valence-electron chi connectivity index (χ0n) is 10.3. The summed E-state index contributed by atoms with van der Waals surface area (Å²) in [6, 6.07) is 0.990. The molecule has 0 radical (unpaired) electrons. The molecule has 0 aromatic carbocycles. The Labute approximate surface area is 107 Å². The van der Waals surface area contributed by atoms with E-state index >= 15 is 0 Å². The maximum Gasteiger partial charge on any atom is 0.435 e. The van der Waals surface area contributed by atoms with Crippen LogP contribution in [0.3, 0.4) is 0 Å². The summed E-state index contributed by atoms with van der Waals surface area (Å²) in [7, 11) is 0. The lowest BCUT2D eigenvalue weighted by Gasteiger charge is -2.08. The van der Waals surface area contributed by atoms with Gasteiger partial charge >= 0.3 is 6.18 Å². The number of fused-ring (bicyclic) bond motifs is 1. The van der Waals surface area contributed by atoms with Crippen molar-refractivity contribution in [2.45, 2.75) is 25.6 Å². The number of anilines is 1. The normalized spacial score (nSPS) is 13.7. The molecule has 2 aromatic heterocycles. The third kappa shape index (κ3) is 3.14. The van der Waals surface area contributed by atoms with Crippen molar-refractivity contribution in [1.29, 1.82) is 0 Å². The van der Waals surface area contributed by atoms with E-state index in [9.17, 15) is 13.2 Å². The second-order valence-corrected chi connectivity index (χ2v) is 4.33. The van der Waals surface area contributed by atoms with Gasteiger partial charge < -0.3 is 11.1 Å². The lowest BCUT2D eigenvalue weighted by Crippen LogP contribution is -2.19. The third-order valence-electron chi connectivity index (χ3n) is 2.57. The fourth-order valence-corrected chi connectivity index (χ4v) is 1.62. The molecule has 0 amide bonds. The lowest BCUT2D eigenvalue weighted by atomic mass is 10.2. The molecule has 0 spiro atoms. The summed E-state index contributed by atoms with van der Waals surface area (Å²) in [5.74, 6) is 0.367. The molecule has 2 rings (SSSR count). The van der Waals surface area contributed by atoms with Crippen molar-refractivity contribution in [3.05, 3.63) is 24.2 Å². The summed E-state index contributed by atoms with van der Waals surface area (Å²) >= 11 is 0. The van der Waals surface area contributed by atoms with Crippen molar-refractivity contribution in [3.63, 3.8) is 0 Å². The predicted molar refractivity (Wildman–Crippen MR) is 64.7 cm³/mol. The summed E-state index contributed by atoms with van der Waals surface area (Å²) in [5.41, 5.74) is 4.96. The van der Waals surface area contributed by atoms with E-state index in [4.69, 9.17) is 5.73 Å². The van der Waals surface area contributed by atoms with Crippen molar-refractivity contribution < 1.29 is 13.2 Å². The summed E-state index contributed by atoms with van der Waals surface area (Å²) in [5, 5.41) is 6.44. The minimum atomic E-state index is -4.46. The standard InChI is InChI=1S/C11H14F3N5/c1-7(15)2-3-16-10-8-6-9(11(12,13)14)18-19(8)5-4-17-10/h4-7H,2-3,15H2,1H3,(H,16,17). The van der Waals surface area contributed by atoms with E-state index in [0.717, 1.165) is 10.6 Å². The van der Waals surface area contributed by atoms with Crippen molar-refractivity contribution in [1.82, 2.24) is 14.6 Å². The second-order valence-electron chi connectivity index (χ2n) is 4.33. The Morgan fingerprint density at radius 2 is 2.21 bits per heavy atom. The van der Waals surface area contributed by atoms with Crippen LogP contribution in [0.5, 0.6) is 0 Å². The molecule has 0 aliphatic heterocycles. The molecule has 0 fully saturated rings. The Balaban J connectivity index is 2.27. The first-order valence-electron chi connectivity index (χ1n) is 5.79. The molecule has 8 heteroatoms. The van der Waals surface area contributed by atoms with Gasteiger partial charge in [0.25, 0.3) is 0 Å². The van der Waals surface area contributed by atoms with Crippen molar-refractivity contribution in [3.8, 4) is 0 Å². The molecule has 104 valence electrons. The third-order valence-corrected chi connectivity index (χ3v) is 2.57.